The number of nitrogens with one attached hydrogen (secondary N) is 1. The van der Waals surface area contributed by atoms with Crippen LogP contribution in [0.25, 0.3) is 0 Å². The number of aryl methyl sites for hydroxylation is 1. The molecule has 5 heteroatoms. The summed E-state index contributed by atoms with van der Waals surface area (Å²) in [7, 11) is 0. The van der Waals surface area contributed by atoms with Gasteiger partial charge < -0.3 is 20.0 Å². The third-order valence-corrected chi connectivity index (χ3v) is 4.01. The molecule has 2 aromatic carbocycles. The van der Waals surface area contributed by atoms with Gasteiger partial charge in [0.1, 0.15) is 5.75 Å². The Kier molecular flexibility index (Phi) is 7.68. The fourth-order valence-electron chi connectivity index (χ4n) is 2.75. The van der Waals surface area contributed by atoms with Gasteiger partial charge in [0.15, 0.2) is 0 Å². The van der Waals surface area contributed by atoms with Crippen LogP contribution in [0.3, 0.4) is 0 Å². The average molecular weight is 354 g/mol. The van der Waals surface area contributed by atoms with Crippen LogP contribution in [0.5, 0.6) is 5.75 Å². The minimum atomic E-state index is -1.20. The van der Waals surface area contributed by atoms with Gasteiger partial charge in [-0.05, 0) is 43.0 Å². The SMILES string of the molecule is CCOc1ccc([C@@H](CC(=O)[O-])NC(=O)CCCc2ccccc2)cc1. The maximum atomic E-state index is 12.2. The lowest BCUT2D eigenvalue weighted by Gasteiger charge is -2.20. The molecule has 0 unspecified atom stereocenters. The molecule has 0 spiro atoms. The lowest BCUT2D eigenvalue weighted by molar-refractivity contribution is -0.306. The van der Waals surface area contributed by atoms with E-state index >= 15 is 0 Å². The van der Waals surface area contributed by atoms with E-state index in [1.165, 1.54) is 5.56 Å². The van der Waals surface area contributed by atoms with E-state index < -0.39 is 12.0 Å². The van der Waals surface area contributed by atoms with Crippen LogP contribution in [0.1, 0.15) is 43.4 Å². The molecule has 1 N–H and O–H groups in total. The van der Waals surface area contributed by atoms with Gasteiger partial charge in [-0.1, -0.05) is 42.5 Å². The Hall–Kier alpha value is -2.82. The Balaban J connectivity index is 1.91. The zero-order valence-electron chi connectivity index (χ0n) is 14.9. The number of ether oxygens (including phenoxy) is 1. The van der Waals surface area contributed by atoms with E-state index in [0.29, 0.717) is 30.8 Å². The van der Waals surface area contributed by atoms with Crippen LogP contribution < -0.4 is 15.2 Å². The molecular formula is C21H24NO4-. The third kappa shape index (κ3) is 6.59. The molecule has 26 heavy (non-hydrogen) atoms. The number of amides is 1. The molecule has 0 aliphatic heterocycles. The number of rotatable bonds is 10. The molecule has 0 fully saturated rings. The van der Waals surface area contributed by atoms with Crippen LogP contribution >= 0.6 is 0 Å². The van der Waals surface area contributed by atoms with Gasteiger partial charge >= 0.3 is 0 Å². The zero-order chi connectivity index (χ0) is 18.8. The monoisotopic (exact) mass is 354 g/mol. The first kappa shape index (κ1) is 19.5. The van der Waals surface area contributed by atoms with Crippen molar-refractivity contribution < 1.29 is 19.4 Å². The summed E-state index contributed by atoms with van der Waals surface area (Å²) in [6, 6.07) is 16.4. The molecule has 138 valence electrons. The lowest BCUT2D eigenvalue weighted by Crippen LogP contribution is -2.34. The van der Waals surface area contributed by atoms with Crippen LogP contribution in [0.15, 0.2) is 54.6 Å². The summed E-state index contributed by atoms with van der Waals surface area (Å²) in [6.45, 7) is 2.45. The van der Waals surface area contributed by atoms with Gasteiger partial charge in [-0.3, -0.25) is 4.79 Å². The summed E-state index contributed by atoms with van der Waals surface area (Å²) in [5, 5.41) is 13.8. The van der Waals surface area contributed by atoms with Gasteiger partial charge in [0, 0.05) is 18.8 Å². The molecule has 2 aromatic rings. The summed E-state index contributed by atoms with van der Waals surface area (Å²) in [6.07, 6.45) is 1.59. The quantitative estimate of drug-likeness (QED) is 0.711. The summed E-state index contributed by atoms with van der Waals surface area (Å²) >= 11 is 0. The molecule has 0 radical (unpaired) electrons. The topological polar surface area (TPSA) is 78.5 Å². The largest absolute Gasteiger partial charge is 0.550 e. The first-order valence-electron chi connectivity index (χ1n) is 8.84. The molecule has 0 saturated carbocycles. The van der Waals surface area contributed by atoms with Crippen LogP contribution in [-0.4, -0.2) is 18.5 Å². The summed E-state index contributed by atoms with van der Waals surface area (Å²) < 4.78 is 5.38. The van der Waals surface area contributed by atoms with Gasteiger partial charge in [-0.15, -0.1) is 0 Å². The first-order valence-corrected chi connectivity index (χ1v) is 8.84. The second-order valence-electron chi connectivity index (χ2n) is 6.04. The number of carbonyl (C=O) groups is 2. The predicted molar refractivity (Wildman–Crippen MR) is 97.5 cm³/mol. The Morgan fingerprint density at radius 3 is 2.38 bits per heavy atom. The highest BCUT2D eigenvalue weighted by molar-refractivity contribution is 5.77. The van der Waals surface area contributed by atoms with Gasteiger partial charge in [-0.25, -0.2) is 0 Å². The first-order chi connectivity index (χ1) is 12.6. The molecule has 5 nitrogen and oxygen atoms in total. The maximum absolute atomic E-state index is 12.2. The Labute approximate surface area is 154 Å². The van der Waals surface area contributed by atoms with Crippen LogP contribution in [-0.2, 0) is 16.0 Å². The minimum absolute atomic E-state index is 0.166. The van der Waals surface area contributed by atoms with Crippen molar-refractivity contribution in [1.82, 2.24) is 5.32 Å². The normalized spacial score (nSPS) is 11.6. The van der Waals surface area contributed by atoms with Crippen LogP contribution in [0.2, 0.25) is 0 Å². The van der Waals surface area contributed by atoms with Crippen LogP contribution in [0.4, 0.5) is 0 Å². The molecule has 1 amide bonds. The lowest BCUT2D eigenvalue weighted by atomic mass is 10.0. The fraction of sp³-hybridized carbons (Fsp3) is 0.333. The number of carbonyl (C=O) groups excluding carboxylic acids is 2. The standard InChI is InChI=1S/C21H25NO4/c1-2-26-18-13-11-17(12-14-18)19(15-21(24)25)22-20(23)10-6-9-16-7-4-3-5-8-16/h3-5,7-8,11-14,19H,2,6,9-10,15H2,1H3,(H,22,23)(H,24,25)/p-1/t19-/m1/s1. The van der Waals surface area contributed by atoms with E-state index in [4.69, 9.17) is 4.74 Å². The van der Waals surface area contributed by atoms with Crippen molar-refractivity contribution >= 4 is 11.9 Å². The zero-order valence-corrected chi connectivity index (χ0v) is 14.9. The van der Waals surface area contributed by atoms with Gasteiger partial charge in [0.2, 0.25) is 5.91 Å². The second-order valence-corrected chi connectivity index (χ2v) is 6.04. The number of aliphatic carboxylic acids is 1. The molecule has 0 aliphatic rings. The molecular weight excluding hydrogens is 330 g/mol. The van der Waals surface area contributed by atoms with Crippen molar-refractivity contribution in [3.8, 4) is 5.75 Å². The predicted octanol–water partition coefficient (Wildman–Crippen LogP) is 2.41. The van der Waals surface area contributed by atoms with E-state index in [1.807, 2.05) is 37.3 Å². The number of carboxylic acids is 1. The van der Waals surface area contributed by atoms with Crippen molar-refractivity contribution in [2.24, 2.45) is 0 Å². The van der Waals surface area contributed by atoms with E-state index in [0.717, 1.165) is 6.42 Å². The number of hydrogen-bond acceptors (Lipinski definition) is 4. The highest BCUT2D eigenvalue weighted by Gasteiger charge is 2.15. The van der Waals surface area contributed by atoms with E-state index in [2.05, 4.69) is 5.32 Å². The minimum Gasteiger partial charge on any atom is -0.550 e. The van der Waals surface area contributed by atoms with Gasteiger partial charge in [0.25, 0.3) is 0 Å². The molecule has 1 atom stereocenters. The molecule has 0 aliphatic carbocycles. The Morgan fingerprint density at radius 2 is 1.77 bits per heavy atom. The van der Waals surface area contributed by atoms with Crippen molar-refractivity contribution in [2.45, 2.75) is 38.6 Å². The Bertz CT molecular complexity index is 698. The number of carboxylic acid groups (broad SMARTS) is 1. The van der Waals surface area contributed by atoms with E-state index in [9.17, 15) is 14.7 Å². The number of hydrogen-bond donors (Lipinski definition) is 1. The van der Waals surface area contributed by atoms with Crippen molar-refractivity contribution in [3.63, 3.8) is 0 Å². The summed E-state index contributed by atoms with van der Waals surface area (Å²) in [5.41, 5.74) is 1.90. The third-order valence-electron chi connectivity index (χ3n) is 4.01. The van der Waals surface area contributed by atoms with Crippen molar-refractivity contribution in [2.75, 3.05) is 6.61 Å². The van der Waals surface area contributed by atoms with Crippen molar-refractivity contribution in [3.05, 3.63) is 65.7 Å². The highest BCUT2D eigenvalue weighted by atomic mass is 16.5. The Morgan fingerprint density at radius 1 is 1.08 bits per heavy atom. The smallest absolute Gasteiger partial charge is 0.220 e. The fourth-order valence-corrected chi connectivity index (χ4v) is 2.75. The summed E-state index contributed by atoms with van der Waals surface area (Å²) in [4.78, 5) is 23.3. The summed E-state index contributed by atoms with van der Waals surface area (Å²) in [5.74, 6) is -0.660. The average Bonchev–Trinajstić information content (AvgIpc) is 2.63. The highest BCUT2D eigenvalue weighted by Crippen LogP contribution is 2.20. The molecule has 0 aromatic heterocycles. The van der Waals surface area contributed by atoms with E-state index in [-0.39, 0.29) is 12.3 Å². The van der Waals surface area contributed by atoms with Gasteiger partial charge in [-0.2, -0.15) is 0 Å². The number of benzene rings is 2. The molecule has 0 heterocycles. The van der Waals surface area contributed by atoms with Gasteiger partial charge in [0.05, 0.1) is 12.6 Å². The van der Waals surface area contributed by atoms with E-state index in [1.54, 1.807) is 24.3 Å². The second kappa shape index (κ2) is 10.2. The van der Waals surface area contributed by atoms with Crippen LogP contribution in [0, 0.1) is 0 Å². The molecule has 2 rings (SSSR count). The molecule has 0 bridgehead atoms. The van der Waals surface area contributed by atoms with Crippen molar-refractivity contribution in [1.29, 1.82) is 0 Å². The maximum Gasteiger partial charge on any atom is 0.220 e. The molecule has 0 saturated heterocycles.